The van der Waals surface area contributed by atoms with E-state index in [1.165, 1.54) is 30.9 Å². The maximum absolute atomic E-state index is 13.9. The molecule has 5 rings (SSSR count). The highest BCUT2D eigenvalue weighted by molar-refractivity contribution is 7.21. The third-order valence-corrected chi connectivity index (χ3v) is 7.80. The Kier molecular flexibility index (Phi) is 6.94. The first-order valence-electron chi connectivity index (χ1n) is 11.7. The van der Waals surface area contributed by atoms with Gasteiger partial charge in [0.15, 0.2) is 5.78 Å². The van der Waals surface area contributed by atoms with E-state index in [-0.39, 0.29) is 28.1 Å². The molecule has 5 aromatic rings. The Morgan fingerprint density at radius 3 is 2.56 bits per heavy atom. The normalized spacial score (nSPS) is 11.1. The number of fused-ring (bicyclic) bond motifs is 1. The van der Waals surface area contributed by atoms with Crippen LogP contribution in [0.2, 0.25) is 5.02 Å². The van der Waals surface area contributed by atoms with E-state index in [1.807, 2.05) is 0 Å². The van der Waals surface area contributed by atoms with E-state index >= 15 is 0 Å². The van der Waals surface area contributed by atoms with Crippen molar-refractivity contribution in [1.29, 1.82) is 0 Å². The fourth-order valence-corrected chi connectivity index (χ4v) is 5.74. The van der Waals surface area contributed by atoms with Crippen LogP contribution in [-0.2, 0) is 6.54 Å². The van der Waals surface area contributed by atoms with E-state index in [2.05, 4.69) is 5.10 Å². The van der Waals surface area contributed by atoms with Gasteiger partial charge in [-0.15, -0.1) is 0 Å². The molecule has 0 saturated heterocycles. The molecule has 0 fully saturated rings. The highest BCUT2D eigenvalue weighted by Crippen LogP contribution is 2.31. The second-order valence-corrected chi connectivity index (χ2v) is 10.0. The van der Waals surface area contributed by atoms with E-state index in [0.29, 0.717) is 21.2 Å². The molecule has 0 atom stereocenters. The molecule has 3 heterocycles. The van der Waals surface area contributed by atoms with Gasteiger partial charge < -0.3 is 4.74 Å². The molecule has 0 aliphatic heterocycles. The number of carbonyl (C=O) groups is 2. The first-order valence-corrected chi connectivity index (χ1v) is 12.9. The summed E-state index contributed by atoms with van der Waals surface area (Å²) in [5, 5.41) is 6.37. The molecular formula is C27H22ClN5O5S. The number of methoxy groups -OCH3 is 1. The van der Waals surface area contributed by atoms with Crippen LogP contribution < -0.4 is 21.0 Å². The molecule has 0 spiro atoms. The summed E-state index contributed by atoms with van der Waals surface area (Å²) in [6, 6.07) is 14.6. The number of aryl methyl sites for hydroxylation is 1. The van der Waals surface area contributed by atoms with Crippen LogP contribution in [0, 0.1) is 6.92 Å². The lowest BCUT2D eigenvalue weighted by Crippen LogP contribution is -2.53. The predicted molar refractivity (Wildman–Crippen MR) is 149 cm³/mol. The minimum absolute atomic E-state index is 0.162. The molecule has 2 aromatic carbocycles. The van der Waals surface area contributed by atoms with Gasteiger partial charge in [-0.05, 0) is 37.3 Å². The van der Waals surface area contributed by atoms with Crippen LogP contribution in [0.5, 0.6) is 5.75 Å². The molecule has 0 bridgehead atoms. The van der Waals surface area contributed by atoms with Crippen LogP contribution in [0.15, 0.2) is 76.6 Å². The summed E-state index contributed by atoms with van der Waals surface area (Å²) in [5.41, 5.74) is -0.519. The quantitative estimate of drug-likeness (QED) is 0.280. The average molecular weight is 564 g/mol. The van der Waals surface area contributed by atoms with E-state index in [4.69, 9.17) is 16.3 Å². The zero-order chi connectivity index (χ0) is 27.8. The number of nitrogens with zero attached hydrogens (tertiary/aromatic N) is 5. The van der Waals surface area contributed by atoms with Gasteiger partial charge in [-0.25, -0.2) is 14.5 Å². The fourth-order valence-electron chi connectivity index (χ4n) is 4.32. The number of ether oxygens (including phenoxy) is 1. The predicted octanol–water partition coefficient (Wildman–Crippen LogP) is 3.67. The van der Waals surface area contributed by atoms with Gasteiger partial charge >= 0.3 is 5.69 Å². The van der Waals surface area contributed by atoms with E-state index < -0.39 is 22.9 Å². The lowest BCUT2D eigenvalue weighted by Gasteiger charge is -2.21. The maximum Gasteiger partial charge on any atom is 0.352 e. The second kappa shape index (κ2) is 10.4. The summed E-state index contributed by atoms with van der Waals surface area (Å²) in [5.74, 6) is -0.747. The molecule has 0 radical (unpaired) electrons. The van der Waals surface area contributed by atoms with Crippen LogP contribution in [0.3, 0.4) is 0 Å². The summed E-state index contributed by atoms with van der Waals surface area (Å²) < 4.78 is 8.83. The van der Waals surface area contributed by atoms with Crippen LogP contribution in [0.1, 0.15) is 26.3 Å². The van der Waals surface area contributed by atoms with Gasteiger partial charge in [-0.1, -0.05) is 47.2 Å². The molecule has 0 N–H and O–H groups in total. The van der Waals surface area contributed by atoms with Crippen molar-refractivity contribution in [2.75, 3.05) is 19.2 Å². The van der Waals surface area contributed by atoms with Crippen molar-refractivity contribution in [3.8, 4) is 10.8 Å². The first-order chi connectivity index (χ1) is 18.7. The molecule has 0 saturated carbocycles. The minimum Gasteiger partial charge on any atom is -0.496 e. The molecule has 198 valence electrons. The first kappa shape index (κ1) is 26.1. The topological polar surface area (TPSA) is 108 Å². The number of hydrogen-bond donors (Lipinski definition) is 0. The van der Waals surface area contributed by atoms with Crippen molar-refractivity contribution in [2.45, 2.75) is 13.5 Å². The maximum atomic E-state index is 13.9. The van der Waals surface area contributed by atoms with Gasteiger partial charge in [0.1, 0.15) is 15.6 Å². The molecule has 0 unspecified atom stereocenters. The Morgan fingerprint density at radius 1 is 1.10 bits per heavy atom. The molecule has 12 heteroatoms. The molecular weight excluding hydrogens is 542 g/mol. The number of halogens is 1. The van der Waals surface area contributed by atoms with Crippen molar-refractivity contribution in [3.63, 3.8) is 0 Å². The van der Waals surface area contributed by atoms with Crippen molar-refractivity contribution in [3.05, 3.63) is 110 Å². The molecule has 39 heavy (non-hydrogen) atoms. The van der Waals surface area contributed by atoms with Crippen molar-refractivity contribution < 1.29 is 14.3 Å². The largest absolute Gasteiger partial charge is 0.496 e. The number of rotatable bonds is 7. The number of thiophene rings is 1. The smallest absolute Gasteiger partial charge is 0.352 e. The highest BCUT2D eigenvalue weighted by atomic mass is 35.5. The number of aromatic nitrogens is 4. The van der Waals surface area contributed by atoms with Gasteiger partial charge in [0.2, 0.25) is 0 Å². The Balaban J connectivity index is 1.74. The summed E-state index contributed by atoms with van der Waals surface area (Å²) in [6.07, 6.45) is 3.31. The van der Waals surface area contributed by atoms with E-state index in [1.54, 1.807) is 66.5 Å². The second-order valence-electron chi connectivity index (χ2n) is 8.61. The van der Waals surface area contributed by atoms with Crippen LogP contribution in [-0.4, -0.2) is 44.9 Å². The zero-order valence-corrected chi connectivity index (χ0v) is 22.7. The summed E-state index contributed by atoms with van der Waals surface area (Å²) in [7, 11) is 2.74. The van der Waals surface area contributed by atoms with E-state index in [9.17, 15) is 19.2 Å². The number of para-hydroxylation sites is 1. The van der Waals surface area contributed by atoms with Gasteiger partial charge in [0, 0.05) is 35.6 Å². The summed E-state index contributed by atoms with van der Waals surface area (Å²) in [6.45, 7) is 1.35. The standard InChI is InChI=1S/C27H22ClN5O5S/c1-16-22-24(36)33(30(2)23(35)19-10-4-5-11-21(19)38-3)27(37)31(15-20(34)17-8-6-9-18(28)14-17)26(22)39-25(16)32-13-7-12-29-32/h4-14H,15H2,1-3H3. The number of Topliss-reactive ketones (excluding diaryl/α,β-unsaturated/α-hetero) is 1. The average Bonchev–Trinajstić information content (AvgIpc) is 3.58. The zero-order valence-electron chi connectivity index (χ0n) is 21.1. The number of hydrogen-bond acceptors (Lipinski definition) is 7. The lowest BCUT2D eigenvalue weighted by atomic mass is 10.1. The minimum atomic E-state index is -0.845. The fraction of sp³-hybridized carbons (Fsp3) is 0.148. The number of ketones is 1. The van der Waals surface area contributed by atoms with E-state index in [0.717, 1.165) is 21.0 Å². The Hall–Kier alpha value is -4.48. The third-order valence-electron chi connectivity index (χ3n) is 6.26. The van der Waals surface area contributed by atoms with Gasteiger partial charge in [0.25, 0.3) is 11.5 Å². The van der Waals surface area contributed by atoms with Crippen LogP contribution >= 0.6 is 22.9 Å². The third kappa shape index (κ3) is 4.55. The molecule has 0 aliphatic carbocycles. The SMILES string of the molecule is COc1ccccc1C(=O)N(C)n1c(=O)c2c(C)c(-n3cccn3)sc2n(CC(=O)c2cccc(Cl)c2)c1=O. The Morgan fingerprint density at radius 2 is 1.87 bits per heavy atom. The van der Waals surface area contributed by atoms with Crippen LogP contribution in [0.25, 0.3) is 15.2 Å². The van der Waals surface area contributed by atoms with Crippen molar-refractivity contribution >= 4 is 44.8 Å². The molecule has 3 aromatic heterocycles. The monoisotopic (exact) mass is 563 g/mol. The Labute approximate surface area is 230 Å². The van der Waals surface area contributed by atoms with Crippen LogP contribution in [0.4, 0.5) is 0 Å². The van der Waals surface area contributed by atoms with Gasteiger partial charge in [0.05, 0.1) is 24.6 Å². The van der Waals surface area contributed by atoms with Gasteiger partial charge in [-0.3, -0.25) is 19.0 Å². The Bertz CT molecular complexity index is 1850. The summed E-state index contributed by atoms with van der Waals surface area (Å²) in [4.78, 5) is 54.8. The van der Waals surface area contributed by atoms with Crippen molar-refractivity contribution in [1.82, 2.24) is 19.0 Å². The molecule has 1 amide bonds. The number of carbonyl (C=O) groups excluding carboxylic acids is 2. The highest BCUT2D eigenvalue weighted by Gasteiger charge is 2.27. The number of amides is 1. The molecule has 10 nitrogen and oxygen atoms in total. The number of benzene rings is 2. The lowest BCUT2D eigenvalue weighted by molar-refractivity contribution is 0.0961. The van der Waals surface area contributed by atoms with Gasteiger partial charge in [-0.2, -0.15) is 9.77 Å². The molecule has 0 aliphatic rings. The summed E-state index contributed by atoms with van der Waals surface area (Å²) >= 11 is 7.23. The van der Waals surface area contributed by atoms with Crippen molar-refractivity contribution in [2.24, 2.45) is 0 Å².